The minimum absolute atomic E-state index is 0.859. The molecule has 0 amide bonds. The smallest absolute Gasteiger partial charge is 0.0126 e. The molecule has 3 aliphatic rings. The van der Waals surface area contributed by atoms with Gasteiger partial charge in [0.25, 0.3) is 0 Å². The summed E-state index contributed by atoms with van der Waals surface area (Å²) < 4.78 is 0. The summed E-state index contributed by atoms with van der Waals surface area (Å²) in [6.45, 7) is 5.98. The molecule has 110 valence electrons. The molecule has 0 aromatic carbocycles. The average Bonchev–Trinajstić information content (AvgIpc) is 3.06. The van der Waals surface area contributed by atoms with Crippen molar-refractivity contribution in [3.05, 3.63) is 0 Å². The van der Waals surface area contributed by atoms with Crippen molar-refractivity contribution in [1.29, 1.82) is 0 Å². The van der Waals surface area contributed by atoms with E-state index >= 15 is 0 Å². The van der Waals surface area contributed by atoms with Gasteiger partial charge in [-0.2, -0.15) is 0 Å². The van der Waals surface area contributed by atoms with Gasteiger partial charge in [0.05, 0.1) is 0 Å². The fourth-order valence-corrected chi connectivity index (χ4v) is 5.25. The van der Waals surface area contributed by atoms with Gasteiger partial charge in [-0.05, 0) is 68.2 Å². The fraction of sp³-hybridized carbons (Fsp3) is 1.00. The van der Waals surface area contributed by atoms with Crippen LogP contribution in [0.15, 0.2) is 0 Å². The van der Waals surface area contributed by atoms with E-state index in [-0.39, 0.29) is 0 Å². The number of fused-ring (bicyclic) bond motifs is 1. The van der Waals surface area contributed by atoms with Gasteiger partial charge in [-0.1, -0.05) is 39.5 Å². The summed E-state index contributed by atoms with van der Waals surface area (Å²) in [5.74, 6) is 5.31. The Morgan fingerprint density at radius 1 is 1.00 bits per heavy atom. The molecular weight excluding hydrogens is 230 g/mol. The lowest BCUT2D eigenvalue weighted by molar-refractivity contribution is 0.133. The lowest BCUT2D eigenvalue weighted by atomic mass is 9.70. The van der Waals surface area contributed by atoms with Gasteiger partial charge >= 0.3 is 0 Å². The Hall–Kier alpha value is -0.0400. The largest absolute Gasteiger partial charge is 0.313 e. The van der Waals surface area contributed by atoms with Crippen LogP contribution >= 0.6 is 0 Å². The van der Waals surface area contributed by atoms with Crippen molar-refractivity contribution >= 4 is 0 Å². The molecule has 19 heavy (non-hydrogen) atoms. The first-order valence-electron chi connectivity index (χ1n) is 9.06. The molecule has 0 bridgehead atoms. The molecule has 3 rings (SSSR count). The number of hydrogen-bond donors (Lipinski definition) is 1. The molecule has 1 nitrogen and oxygen atoms in total. The van der Waals surface area contributed by atoms with Gasteiger partial charge in [0.2, 0.25) is 0 Å². The van der Waals surface area contributed by atoms with Crippen LogP contribution in [0.1, 0.15) is 71.6 Å². The Morgan fingerprint density at radius 3 is 2.42 bits per heavy atom. The molecule has 1 N–H and O–H groups in total. The fourth-order valence-electron chi connectivity index (χ4n) is 5.25. The first kappa shape index (κ1) is 13.9. The second-order valence-electron chi connectivity index (χ2n) is 7.58. The molecule has 1 heteroatoms. The number of rotatable bonds is 6. The summed E-state index contributed by atoms with van der Waals surface area (Å²) in [5.41, 5.74) is 0. The molecule has 3 fully saturated rings. The van der Waals surface area contributed by atoms with E-state index in [1.54, 1.807) is 19.3 Å². The molecule has 5 unspecified atom stereocenters. The topological polar surface area (TPSA) is 12.0 Å². The zero-order valence-corrected chi connectivity index (χ0v) is 13.0. The first-order chi connectivity index (χ1) is 9.33. The minimum Gasteiger partial charge on any atom is -0.313 e. The standard InChI is InChI=1S/C18H33N/c1-3-9-19-18(16-11-14-10-15(14)12-16)17-8-6-5-7-13(17)4-2/h13-19H,3-12H2,1-2H3. The van der Waals surface area contributed by atoms with E-state index in [0.29, 0.717) is 0 Å². The van der Waals surface area contributed by atoms with E-state index in [0.717, 1.165) is 35.6 Å². The van der Waals surface area contributed by atoms with Gasteiger partial charge in [-0.25, -0.2) is 0 Å². The summed E-state index contributed by atoms with van der Waals surface area (Å²) in [6.07, 6.45) is 13.4. The van der Waals surface area contributed by atoms with Gasteiger partial charge in [-0.15, -0.1) is 0 Å². The molecule has 0 saturated heterocycles. The van der Waals surface area contributed by atoms with Crippen LogP contribution in [0, 0.1) is 29.6 Å². The summed E-state index contributed by atoms with van der Waals surface area (Å²) in [7, 11) is 0. The van der Waals surface area contributed by atoms with Crippen LogP contribution < -0.4 is 5.32 Å². The minimum atomic E-state index is 0.859. The van der Waals surface area contributed by atoms with Crippen molar-refractivity contribution in [1.82, 2.24) is 5.32 Å². The van der Waals surface area contributed by atoms with Gasteiger partial charge in [0.15, 0.2) is 0 Å². The van der Waals surface area contributed by atoms with Crippen molar-refractivity contribution in [3.8, 4) is 0 Å². The average molecular weight is 263 g/mol. The van der Waals surface area contributed by atoms with E-state index in [9.17, 15) is 0 Å². The van der Waals surface area contributed by atoms with Crippen LogP contribution in [-0.2, 0) is 0 Å². The molecule has 0 heterocycles. The summed E-state index contributed by atoms with van der Waals surface area (Å²) in [6, 6.07) is 0.859. The highest BCUT2D eigenvalue weighted by molar-refractivity contribution is 5.01. The Labute approximate surface area is 119 Å². The summed E-state index contributed by atoms with van der Waals surface area (Å²) >= 11 is 0. The second kappa shape index (κ2) is 6.16. The van der Waals surface area contributed by atoms with Crippen LogP contribution in [0.25, 0.3) is 0 Å². The predicted molar refractivity (Wildman–Crippen MR) is 82.1 cm³/mol. The van der Waals surface area contributed by atoms with E-state index in [1.807, 2.05) is 0 Å². The molecule has 0 aliphatic heterocycles. The Bertz CT molecular complexity index is 277. The van der Waals surface area contributed by atoms with Crippen LogP contribution in [0.4, 0.5) is 0 Å². The Balaban J connectivity index is 1.65. The summed E-state index contributed by atoms with van der Waals surface area (Å²) in [5, 5.41) is 3.99. The van der Waals surface area contributed by atoms with E-state index in [2.05, 4.69) is 19.2 Å². The number of hydrogen-bond acceptors (Lipinski definition) is 1. The van der Waals surface area contributed by atoms with Crippen LogP contribution in [0.2, 0.25) is 0 Å². The quantitative estimate of drug-likeness (QED) is 0.737. The van der Waals surface area contributed by atoms with Crippen molar-refractivity contribution < 1.29 is 0 Å². The first-order valence-corrected chi connectivity index (χ1v) is 9.06. The maximum absolute atomic E-state index is 3.99. The van der Waals surface area contributed by atoms with Gasteiger partial charge in [-0.3, -0.25) is 0 Å². The zero-order chi connectivity index (χ0) is 13.2. The summed E-state index contributed by atoms with van der Waals surface area (Å²) in [4.78, 5) is 0. The number of nitrogens with one attached hydrogen (secondary N) is 1. The Morgan fingerprint density at radius 2 is 1.74 bits per heavy atom. The third-order valence-electron chi connectivity index (χ3n) is 6.37. The van der Waals surface area contributed by atoms with Crippen LogP contribution in [0.3, 0.4) is 0 Å². The zero-order valence-electron chi connectivity index (χ0n) is 13.0. The van der Waals surface area contributed by atoms with E-state index < -0.39 is 0 Å². The van der Waals surface area contributed by atoms with Crippen molar-refractivity contribution in [2.24, 2.45) is 29.6 Å². The highest BCUT2D eigenvalue weighted by Crippen LogP contribution is 2.56. The van der Waals surface area contributed by atoms with Crippen molar-refractivity contribution in [2.45, 2.75) is 77.7 Å². The Kier molecular flexibility index (Phi) is 4.51. The highest BCUT2D eigenvalue weighted by Gasteiger charge is 2.49. The lowest BCUT2D eigenvalue weighted by Gasteiger charge is -2.41. The normalized spacial score (nSPS) is 42.9. The molecule has 0 radical (unpaired) electrons. The van der Waals surface area contributed by atoms with Gasteiger partial charge in [0.1, 0.15) is 0 Å². The SMILES string of the molecule is CCCNC(C1CC2CC2C1)C1CCCCC1CC. The van der Waals surface area contributed by atoms with Gasteiger partial charge in [0, 0.05) is 6.04 Å². The third kappa shape index (κ3) is 3.01. The molecule has 0 aromatic heterocycles. The van der Waals surface area contributed by atoms with E-state index in [4.69, 9.17) is 0 Å². The predicted octanol–water partition coefficient (Wildman–Crippen LogP) is 4.62. The lowest BCUT2D eigenvalue weighted by Crippen LogP contribution is -2.46. The molecule has 3 saturated carbocycles. The molecule has 5 atom stereocenters. The maximum atomic E-state index is 3.99. The van der Waals surface area contributed by atoms with Crippen molar-refractivity contribution in [2.75, 3.05) is 6.54 Å². The molecule has 3 aliphatic carbocycles. The molecular formula is C18H33N. The van der Waals surface area contributed by atoms with E-state index in [1.165, 1.54) is 45.1 Å². The monoisotopic (exact) mass is 263 g/mol. The third-order valence-corrected chi connectivity index (χ3v) is 6.37. The highest BCUT2D eigenvalue weighted by atomic mass is 14.9. The maximum Gasteiger partial charge on any atom is 0.0126 e. The van der Waals surface area contributed by atoms with Crippen LogP contribution in [-0.4, -0.2) is 12.6 Å². The second-order valence-corrected chi connectivity index (χ2v) is 7.58. The molecule has 0 spiro atoms. The van der Waals surface area contributed by atoms with Crippen LogP contribution in [0.5, 0.6) is 0 Å². The van der Waals surface area contributed by atoms with Crippen molar-refractivity contribution in [3.63, 3.8) is 0 Å². The molecule has 0 aromatic rings. The van der Waals surface area contributed by atoms with Gasteiger partial charge < -0.3 is 5.32 Å².